The summed E-state index contributed by atoms with van der Waals surface area (Å²) in [7, 11) is 1.72. The first-order valence-electron chi connectivity index (χ1n) is 5.99. The summed E-state index contributed by atoms with van der Waals surface area (Å²) in [5, 5.41) is 11.1. The van der Waals surface area contributed by atoms with Crippen LogP contribution in [0.25, 0.3) is 0 Å². The van der Waals surface area contributed by atoms with E-state index in [0.29, 0.717) is 26.1 Å². The number of hydrogen-bond acceptors (Lipinski definition) is 3. The second-order valence-corrected chi connectivity index (χ2v) is 4.32. The van der Waals surface area contributed by atoms with E-state index < -0.39 is 5.97 Å². The summed E-state index contributed by atoms with van der Waals surface area (Å²) >= 11 is 0. The number of urea groups is 1. The first-order chi connectivity index (χ1) is 8.50. The number of nitrogens with zero attached hydrogens (tertiary/aromatic N) is 2. The van der Waals surface area contributed by atoms with Crippen molar-refractivity contribution >= 4 is 17.9 Å². The molecule has 1 aliphatic heterocycles. The van der Waals surface area contributed by atoms with Gasteiger partial charge in [0, 0.05) is 33.1 Å². The van der Waals surface area contributed by atoms with Crippen molar-refractivity contribution in [1.29, 1.82) is 0 Å². The number of amides is 3. The average Bonchev–Trinajstić information content (AvgIpc) is 2.47. The number of aliphatic carboxylic acids is 1. The summed E-state index contributed by atoms with van der Waals surface area (Å²) in [6.07, 6.45) is 1.18. The number of carboxylic acids is 1. The van der Waals surface area contributed by atoms with Crippen LogP contribution in [0, 0.1) is 0 Å². The number of carboxylic acid groups (broad SMARTS) is 1. The average molecular weight is 257 g/mol. The van der Waals surface area contributed by atoms with Crippen LogP contribution < -0.4 is 5.32 Å². The van der Waals surface area contributed by atoms with E-state index in [0.717, 1.165) is 6.42 Å². The zero-order chi connectivity index (χ0) is 13.5. The maximum Gasteiger partial charge on any atom is 0.317 e. The maximum absolute atomic E-state index is 11.7. The van der Waals surface area contributed by atoms with E-state index in [2.05, 4.69) is 5.32 Å². The van der Waals surface area contributed by atoms with Gasteiger partial charge in [-0.1, -0.05) is 0 Å². The van der Waals surface area contributed by atoms with Crippen LogP contribution in [0.1, 0.15) is 19.3 Å². The molecule has 102 valence electrons. The molecule has 1 rings (SSSR count). The summed E-state index contributed by atoms with van der Waals surface area (Å²) in [6.45, 7) is 1.59. The highest BCUT2D eigenvalue weighted by molar-refractivity contribution is 5.84. The van der Waals surface area contributed by atoms with E-state index in [4.69, 9.17) is 5.11 Å². The highest BCUT2D eigenvalue weighted by atomic mass is 16.4. The van der Waals surface area contributed by atoms with Gasteiger partial charge in [0.05, 0.1) is 0 Å². The van der Waals surface area contributed by atoms with Gasteiger partial charge in [-0.15, -0.1) is 0 Å². The standard InChI is InChI=1S/C11H19N3O4/c1-13-6-3-7-14(8-9(13)15)11(18)12-5-2-4-10(16)17/h2-8H2,1H3,(H,12,18)(H,16,17). The zero-order valence-corrected chi connectivity index (χ0v) is 10.5. The Morgan fingerprint density at radius 2 is 2.11 bits per heavy atom. The van der Waals surface area contributed by atoms with E-state index in [1.54, 1.807) is 11.9 Å². The summed E-state index contributed by atoms with van der Waals surface area (Å²) in [6, 6.07) is -0.302. The largest absolute Gasteiger partial charge is 0.481 e. The highest BCUT2D eigenvalue weighted by Gasteiger charge is 2.22. The molecule has 0 atom stereocenters. The molecule has 2 N–H and O–H groups in total. The molecule has 7 heteroatoms. The Balaban J connectivity index is 2.32. The molecule has 0 aromatic rings. The van der Waals surface area contributed by atoms with Gasteiger partial charge in [0.1, 0.15) is 6.54 Å². The molecule has 3 amide bonds. The molecule has 18 heavy (non-hydrogen) atoms. The first-order valence-corrected chi connectivity index (χ1v) is 5.99. The van der Waals surface area contributed by atoms with Crippen LogP contribution >= 0.6 is 0 Å². The maximum atomic E-state index is 11.7. The van der Waals surface area contributed by atoms with E-state index in [9.17, 15) is 14.4 Å². The molecule has 1 aliphatic rings. The van der Waals surface area contributed by atoms with Gasteiger partial charge in [0.25, 0.3) is 0 Å². The normalized spacial score (nSPS) is 16.4. The Bertz CT molecular complexity index is 332. The molecular formula is C11H19N3O4. The second-order valence-electron chi connectivity index (χ2n) is 4.32. The molecule has 0 aromatic heterocycles. The van der Waals surface area contributed by atoms with E-state index >= 15 is 0 Å². The molecule has 0 bridgehead atoms. The Morgan fingerprint density at radius 3 is 2.78 bits per heavy atom. The van der Waals surface area contributed by atoms with Crippen molar-refractivity contribution in [2.24, 2.45) is 0 Å². The van der Waals surface area contributed by atoms with E-state index in [1.807, 2.05) is 0 Å². The van der Waals surface area contributed by atoms with Crippen LogP contribution in [0.15, 0.2) is 0 Å². The van der Waals surface area contributed by atoms with Crippen molar-refractivity contribution < 1.29 is 19.5 Å². The molecule has 0 aliphatic carbocycles. The summed E-state index contributed by atoms with van der Waals surface area (Å²) < 4.78 is 0. The van der Waals surface area contributed by atoms with Crippen molar-refractivity contribution in [3.05, 3.63) is 0 Å². The van der Waals surface area contributed by atoms with Crippen molar-refractivity contribution in [3.8, 4) is 0 Å². The SMILES string of the molecule is CN1CCCN(C(=O)NCCCC(=O)O)CC1=O. The van der Waals surface area contributed by atoms with Gasteiger partial charge in [-0.25, -0.2) is 4.79 Å². The van der Waals surface area contributed by atoms with Crippen LogP contribution in [0.4, 0.5) is 4.79 Å². The van der Waals surface area contributed by atoms with Gasteiger partial charge in [0.2, 0.25) is 5.91 Å². The number of carbonyl (C=O) groups excluding carboxylic acids is 2. The summed E-state index contributed by atoms with van der Waals surface area (Å²) in [5.41, 5.74) is 0. The number of likely N-dealkylation sites (N-methyl/N-ethyl adjacent to an activating group) is 1. The van der Waals surface area contributed by atoms with Gasteiger partial charge in [-0.05, 0) is 12.8 Å². The Morgan fingerprint density at radius 1 is 1.39 bits per heavy atom. The third-order valence-corrected chi connectivity index (χ3v) is 2.80. The van der Waals surface area contributed by atoms with E-state index in [1.165, 1.54) is 4.90 Å². The fourth-order valence-corrected chi connectivity index (χ4v) is 1.71. The van der Waals surface area contributed by atoms with Crippen molar-refractivity contribution in [3.63, 3.8) is 0 Å². The summed E-state index contributed by atoms with van der Waals surface area (Å²) in [5.74, 6) is -0.955. The third kappa shape index (κ3) is 4.60. The lowest BCUT2D eigenvalue weighted by Gasteiger charge is -2.20. The highest BCUT2D eigenvalue weighted by Crippen LogP contribution is 2.02. The Hall–Kier alpha value is -1.79. The lowest BCUT2D eigenvalue weighted by molar-refractivity contribution is -0.137. The van der Waals surface area contributed by atoms with Gasteiger partial charge in [-0.3, -0.25) is 9.59 Å². The zero-order valence-electron chi connectivity index (χ0n) is 10.5. The van der Waals surface area contributed by atoms with Crippen LogP contribution in [-0.4, -0.2) is 66.0 Å². The number of rotatable bonds is 4. The van der Waals surface area contributed by atoms with Crippen molar-refractivity contribution in [2.75, 3.05) is 33.2 Å². The minimum absolute atomic E-state index is 0.0297. The number of carbonyl (C=O) groups is 3. The van der Waals surface area contributed by atoms with Crippen molar-refractivity contribution in [1.82, 2.24) is 15.1 Å². The first kappa shape index (κ1) is 14.3. The van der Waals surface area contributed by atoms with Crippen LogP contribution in [0.3, 0.4) is 0 Å². The van der Waals surface area contributed by atoms with Gasteiger partial charge in [0.15, 0.2) is 0 Å². The lowest BCUT2D eigenvalue weighted by atomic mass is 10.3. The Kier molecular flexibility index (Phi) is 5.41. The van der Waals surface area contributed by atoms with E-state index in [-0.39, 0.29) is 24.9 Å². The van der Waals surface area contributed by atoms with Crippen LogP contribution in [-0.2, 0) is 9.59 Å². The smallest absolute Gasteiger partial charge is 0.317 e. The monoisotopic (exact) mass is 257 g/mol. The molecule has 1 fully saturated rings. The molecule has 0 unspecified atom stereocenters. The topological polar surface area (TPSA) is 89.9 Å². The molecule has 0 aromatic carbocycles. The molecular weight excluding hydrogens is 238 g/mol. The lowest BCUT2D eigenvalue weighted by Crippen LogP contribution is -2.44. The number of nitrogens with one attached hydrogen (secondary N) is 1. The third-order valence-electron chi connectivity index (χ3n) is 2.80. The molecule has 1 saturated heterocycles. The summed E-state index contributed by atoms with van der Waals surface area (Å²) in [4.78, 5) is 36.7. The molecule has 1 heterocycles. The van der Waals surface area contributed by atoms with Crippen molar-refractivity contribution in [2.45, 2.75) is 19.3 Å². The second kappa shape index (κ2) is 6.83. The van der Waals surface area contributed by atoms with Crippen LogP contribution in [0.5, 0.6) is 0 Å². The molecule has 7 nitrogen and oxygen atoms in total. The fraction of sp³-hybridized carbons (Fsp3) is 0.727. The quantitative estimate of drug-likeness (QED) is 0.678. The number of hydrogen-bond donors (Lipinski definition) is 2. The predicted octanol–water partition coefficient (Wildman–Crippen LogP) is -0.275. The molecule has 0 spiro atoms. The molecule has 0 radical (unpaired) electrons. The van der Waals surface area contributed by atoms with Gasteiger partial charge in [-0.2, -0.15) is 0 Å². The minimum Gasteiger partial charge on any atom is -0.481 e. The van der Waals surface area contributed by atoms with Crippen LogP contribution in [0.2, 0.25) is 0 Å². The fourth-order valence-electron chi connectivity index (χ4n) is 1.71. The Labute approximate surface area is 106 Å². The molecule has 0 saturated carbocycles. The minimum atomic E-state index is -0.879. The van der Waals surface area contributed by atoms with Gasteiger partial charge >= 0.3 is 12.0 Å². The van der Waals surface area contributed by atoms with Gasteiger partial charge < -0.3 is 20.2 Å². The predicted molar refractivity (Wildman–Crippen MR) is 64.1 cm³/mol.